The van der Waals surface area contributed by atoms with Gasteiger partial charge < -0.3 is 10.1 Å². The van der Waals surface area contributed by atoms with Crippen molar-refractivity contribution in [3.8, 4) is 0 Å². The van der Waals surface area contributed by atoms with Crippen molar-refractivity contribution in [2.75, 3.05) is 25.0 Å². The number of rotatable bonds is 9. The maximum Gasteiger partial charge on any atom is 0.308 e. The summed E-state index contributed by atoms with van der Waals surface area (Å²) < 4.78 is 35.8. The summed E-state index contributed by atoms with van der Waals surface area (Å²) in [5.74, 6) is -0.425. The number of carbonyl (C=O) groups is 1. The number of benzene rings is 3. The zero-order valence-electron chi connectivity index (χ0n) is 18.7. The molecule has 0 radical (unpaired) electrons. The number of thiazole rings is 1. The van der Waals surface area contributed by atoms with Crippen molar-refractivity contribution in [2.45, 2.75) is 11.4 Å². The quantitative estimate of drug-likeness (QED) is 0.318. The smallest absolute Gasteiger partial charge is 0.308 e. The summed E-state index contributed by atoms with van der Waals surface area (Å²) >= 11 is 7.20. The second kappa shape index (κ2) is 10.6. The van der Waals surface area contributed by atoms with Crippen LogP contribution in [0.1, 0.15) is 15.9 Å². The van der Waals surface area contributed by atoms with Crippen LogP contribution in [-0.2, 0) is 21.3 Å². The molecule has 0 aliphatic rings. The lowest BCUT2D eigenvalue weighted by atomic mass is 10.2. The molecular weight excluding hydrogens is 510 g/mol. The highest BCUT2D eigenvalue weighted by molar-refractivity contribution is 7.92. The van der Waals surface area contributed by atoms with E-state index in [1.165, 1.54) is 31.4 Å². The summed E-state index contributed by atoms with van der Waals surface area (Å²) in [6, 6.07) is 18.0. The zero-order chi connectivity index (χ0) is 25.0. The third kappa shape index (κ3) is 5.57. The molecule has 0 saturated heterocycles. The molecule has 0 saturated carbocycles. The van der Waals surface area contributed by atoms with Crippen molar-refractivity contribution in [1.29, 1.82) is 0 Å². The van der Waals surface area contributed by atoms with Gasteiger partial charge in [-0.05, 0) is 42.0 Å². The lowest BCUT2D eigenvalue weighted by Gasteiger charge is -2.13. The van der Waals surface area contributed by atoms with Gasteiger partial charge >= 0.3 is 4.87 Å². The molecule has 3 aromatic carbocycles. The number of nitrogens with one attached hydrogen (secondary N) is 2. The monoisotopic (exact) mass is 531 g/mol. The summed E-state index contributed by atoms with van der Waals surface area (Å²) in [6.07, 6.45) is 0. The van der Waals surface area contributed by atoms with Gasteiger partial charge in [0.05, 0.1) is 39.5 Å². The fourth-order valence-electron chi connectivity index (χ4n) is 3.50. The molecule has 4 rings (SSSR count). The summed E-state index contributed by atoms with van der Waals surface area (Å²) in [5, 5.41) is 3.23. The molecule has 8 nitrogen and oxygen atoms in total. The molecule has 0 spiro atoms. The van der Waals surface area contributed by atoms with E-state index < -0.39 is 15.9 Å². The predicted molar refractivity (Wildman–Crippen MR) is 138 cm³/mol. The van der Waals surface area contributed by atoms with E-state index in [0.717, 1.165) is 16.9 Å². The predicted octanol–water partition coefficient (Wildman–Crippen LogP) is 3.94. The Kier molecular flexibility index (Phi) is 7.56. The normalized spacial score (nSPS) is 11.5. The largest absolute Gasteiger partial charge is 0.383 e. The molecule has 1 aromatic heterocycles. The number of hydrogen-bond donors (Lipinski definition) is 2. The Morgan fingerprint density at radius 1 is 1.09 bits per heavy atom. The molecule has 0 unspecified atom stereocenters. The van der Waals surface area contributed by atoms with Gasteiger partial charge in [0.25, 0.3) is 15.9 Å². The number of carbonyl (C=O) groups excluding carboxylic acids is 1. The van der Waals surface area contributed by atoms with Gasteiger partial charge in [0, 0.05) is 18.7 Å². The number of ether oxygens (including phenoxy) is 1. The zero-order valence-corrected chi connectivity index (χ0v) is 21.0. The number of halogens is 1. The van der Waals surface area contributed by atoms with Crippen LogP contribution in [0.25, 0.3) is 10.2 Å². The van der Waals surface area contributed by atoms with Crippen LogP contribution >= 0.6 is 22.9 Å². The molecule has 11 heteroatoms. The average molecular weight is 532 g/mol. The van der Waals surface area contributed by atoms with Crippen molar-refractivity contribution < 1.29 is 17.9 Å². The SMILES string of the molecule is COCCNC(=O)c1ccccc1NS(=O)(=O)c1ccc2c(c1)sc(=O)n2Cc1ccccc1Cl. The van der Waals surface area contributed by atoms with Crippen LogP contribution in [0.15, 0.2) is 76.4 Å². The Balaban J connectivity index is 1.62. The topological polar surface area (TPSA) is 106 Å². The molecule has 1 amide bonds. The van der Waals surface area contributed by atoms with Crippen LogP contribution in [0.5, 0.6) is 0 Å². The summed E-state index contributed by atoms with van der Waals surface area (Å²) in [7, 11) is -2.52. The van der Waals surface area contributed by atoms with Crippen LogP contribution in [0.4, 0.5) is 5.69 Å². The van der Waals surface area contributed by atoms with Gasteiger partial charge in [0.1, 0.15) is 0 Å². The first kappa shape index (κ1) is 24.9. The number of fused-ring (bicyclic) bond motifs is 1. The minimum Gasteiger partial charge on any atom is -0.383 e. The maximum atomic E-state index is 13.1. The Morgan fingerprint density at radius 2 is 1.83 bits per heavy atom. The van der Waals surface area contributed by atoms with E-state index in [1.807, 2.05) is 18.2 Å². The molecule has 35 heavy (non-hydrogen) atoms. The van der Waals surface area contributed by atoms with E-state index in [2.05, 4.69) is 10.0 Å². The first-order valence-corrected chi connectivity index (χ1v) is 13.2. The fraction of sp³-hybridized carbons (Fsp3) is 0.167. The number of sulfonamides is 1. The third-order valence-corrected chi connectivity index (χ3v) is 7.92. The second-order valence-electron chi connectivity index (χ2n) is 7.57. The Labute approximate surface area is 211 Å². The molecular formula is C24H22ClN3O5S2. The van der Waals surface area contributed by atoms with E-state index in [1.54, 1.807) is 28.8 Å². The van der Waals surface area contributed by atoms with Crippen LogP contribution in [0.3, 0.4) is 0 Å². The van der Waals surface area contributed by atoms with Crippen molar-refractivity contribution in [1.82, 2.24) is 9.88 Å². The van der Waals surface area contributed by atoms with Gasteiger partial charge in [-0.15, -0.1) is 0 Å². The number of methoxy groups -OCH3 is 1. The molecule has 4 aromatic rings. The number of nitrogens with zero attached hydrogens (tertiary/aromatic N) is 1. The molecule has 0 atom stereocenters. The van der Waals surface area contributed by atoms with Gasteiger partial charge in [-0.25, -0.2) is 8.42 Å². The van der Waals surface area contributed by atoms with Crippen LogP contribution in [0, 0.1) is 0 Å². The highest BCUT2D eigenvalue weighted by Gasteiger charge is 2.20. The molecule has 1 heterocycles. The van der Waals surface area contributed by atoms with Crippen molar-refractivity contribution >= 4 is 54.8 Å². The average Bonchev–Trinajstić information content (AvgIpc) is 3.15. The van der Waals surface area contributed by atoms with Crippen LogP contribution < -0.4 is 14.9 Å². The minimum atomic E-state index is -4.04. The van der Waals surface area contributed by atoms with E-state index in [9.17, 15) is 18.0 Å². The lowest BCUT2D eigenvalue weighted by molar-refractivity contribution is 0.0938. The van der Waals surface area contributed by atoms with Crippen LogP contribution in [-0.4, -0.2) is 39.2 Å². The Bertz CT molecular complexity index is 1550. The van der Waals surface area contributed by atoms with Crippen LogP contribution in [0.2, 0.25) is 5.02 Å². The highest BCUT2D eigenvalue weighted by atomic mass is 35.5. The highest BCUT2D eigenvalue weighted by Crippen LogP contribution is 2.26. The van der Waals surface area contributed by atoms with E-state index in [-0.39, 0.29) is 34.1 Å². The Hall–Kier alpha value is -3.18. The molecule has 2 N–H and O–H groups in total. The first-order chi connectivity index (χ1) is 16.8. The van der Waals surface area contributed by atoms with Crippen molar-refractivity contribution in [2.24, 2.45) is 0 Å². The minimum absolute atomic E-state index is 0.0225. The standard InChI is InChI=1S/C24H22ClN3O5S2/c1-33-13-12-26-23(29)18-7-3-5-9-20(18)27-35(31,32)17-10-11-21-22(14-17)34-24(30)28(21)15-16-6-2-4-8-19(16)25/h2-11,14,27H,12-13,15H2,1H3,(H,26,29). The van der Waals surface area contributed by atoms with Gasteiger partial charge in [-0.1, -0.05) is 53.3 Å². The molecule has 0 fully saturated rings. The third-order valence-electron chi connectivity index (χ3n) is 5.24. The molecule has 0 bridgehead atoms. The molecule has 0 aliphatic carbocycles. The molecule has 0 aliphatic heterocycles. The van der Waals surface area contributed by atoms with Gasteiger partial charge in [-0.2, -0.15) is 0 Å². The van der Waals surface area contributed by atoms with Crippen molar-refractivity contribution in [3.63, 3.8) is 0 Å². The summed E-state index contributed by atoms with van der Waals surface area (Å²) in [5.41, 5.74) is 1.72. The molecule has 182 valence electrons. The Morgan fingerprint density at radius 3 is 2.60 bits per heavy atom. The van der Waals surface area contributed by atoms with E-state index in [0.29, 0.717) is 21.8 Å². The van der Waals surface area contributed by atoms with Gasteiger partial charge in [-0.3, -0.25) is 18.9 Å². The summed E-state index contributed by atoms with van der Waals surface area (Å²) in [6.45, 7) is 0.893. The number of aromatic nitrogens is 1. The number of para-hydroxylation sites is 1. The number of hydrogen-bond acceptors (Lipinski definition) is 6. The number of amides is 1. The van der Waals surface area contributed by atoms with Gasteiger partial charge in [0.15, 0.2) is 0 Å². The van der Waals surface area contributed by atoms with E-state index >= 15 is 0 Å². The van der Waals surface area contributed by atoms with Crippen molar-refractivity contribution in [3.05, 3.63) is 92.5 Å². The van der Waals surface area contributed by atoms with Gasteiger partial charge in [0.2, 0.25) is 0 Å². The second-order valence-corrected chi connectivity index (χ2v) is 10.7. The maximum absolute atomic E-state index is 13.1. The first-order valence-electron chi connectivity index (χ1n) is 10.6. The summed E-state index contributed by atoms with van der Waals surface area (Å²) in [4.78, 5) is 24.9. The van der Waals surface area contributed by atoms with E-state index in [4.69, 9.17) is 16.3 Å². The lowest BCUT2D eigenvalue weighted by Crippen LogP contribution is -2.28. The number of anilines is 1. The fourth-order valence-corrected chi connectivity index (χ4v) is 5.80.